The van der Waals surface area contributed by atoms with Crippen LogP contribution >= 0.6 is 0 Å². The van der Waals surface area contributed by atoms with Crippen LogP contribution < -0.4 is 9.47 Å². The summed E-state index contributed by atoms with van der Waals surface area (Å²) in [6.45, 7) is 2.37. The predicted octanol–water partition coefficient (Wildman–Crippen LogP) is 2.03. The topological polar surface area (TPSA) is 44.8 Å². The average Bonchev–Trinajstić information content (AvgIpc) is 2.37. The van der Waals surface area contributed by atoms with E-state index in [1.165, 1.54) is 0 Å². The summed E-state index contributed by atoms with van der Waals surface area (Å²) in [6.07, 6.45) is 1.76. The molecule has 1 aliphatic rings. The van der Waals surface area contributed by atoms with Crippen LogP contribution in [0.4, 0.5) is 0 Å². The first kappa shape index (κ1) is 11.5. The van der Waals surface area contributed by atoms with Gasteiger partial charge in [-0.3, -0.25) is 0 Å². The molecule has 17 heavy (non-hydrogen) atoms. The molecule has 0 saturated heterocycles. The number of fused-ring (bicyclic) bond motifs is 1. The molecule has 90 valence electrons. The van der Waals surface area contributed by atoms with Crippen molar-refractivity contribution >= 4 is 12.0 Å². The fourth-order valence-electron chi connectivity index (χ4n) is 1.68. The smallest absolute Gasteiger partial charge is 0.337 e. The zero-order chi connectivity index (χ0) is 12.3. The van der Waals surface area contributed by atoms with Gasteiger partial charge in [0.25, 0.3) is 0 Å². The lowest BCUT2D eigenvalue weighted by molar-refractivity contribution is -0.138. The number of methoxy groups -OCH3 is 1. The second-order valence-electron chi connectivity index (χ2n) is 3.55. The first-order valence-corrected chi connectivity index (χ1v) is 5.43. The minimum absolute atomic E-state index is 0.235. The summed E-state index contributed by atoms with van der Waals surface area (Å²) in [5.41, 5.74) is 1.29. The Kier molecular flexibility index (Phi) is 3.32. The second kappa shape index (κ2) is 4.91. The second-order valence-corrected chi connectivity index (χ2v) is 3.55. The standard InChI is InChI=1S/C13H14O4/c1-3-16-13(14)9-7-10-11(15-2)5-4-6-12(10)17-8-9/h4-7H,3,8H2,1-2H3. The molecule has 4 heteroatoms. The molecule has 0 atom stereocenters. The number of esters is 1. The quantitative estimate of drug-likeness (QED) is 0.751. The van der Waals surface area contributed by atoms with Crippen molar-refractivity contribution in [2.75, 3.05) is 20.3 Å². The first-order chi connectivity index (χ1) is 8.26. The maximum Gasteiger partial charge on any atom is 0.337 e. The Hall–Kier alpha value is -1.97. The molecule has 2 rings (SSSR count). The Morgan fingerprint density at radius 2 is 2.29 bits per heavy atom. The van der Waals surface area contributed by atoms with Gasteiger partial charge in [0.05, 0.1) is 24.9 Å². The van der Waals surface area contributed by atoms with Crippen LogP contribution in [0, 0.1) is 0 Å². The molecule has 1 aromatic rings. The molecule has 0 radical (unpaired) electrons. The summed E-state index contributed by atoms with van der Waals surface area (Å²) in [7, 11) is 1.59. The first-order valence-electron chi connectivity index (χ1n) is 5.43. The highest BCUT2D eigenvalue weighted by Gasteiger charge is 2.20. The third-order valence-electron chi connectivity index (χ3n) is 2.49. The molecule has 0 N–H and O–H groups in total. The summed E-state index contributed by atoms with van der Waals surface area (Å²) >= 11 is 0. The molecule has 1 heterocycles. The van der Waals surface area contributed by atoms with Gasteiger partial charge in [-0.15, -0.1) is 0 Å². The van der Waals surface area contributed by atoms with E-state index in [1.54, 1.807) is 20.1 Å². The number of hydrogen-bond donors (Lipinski definition) is 0. The Morgan fingerprint density at radius 1 is 1.47 bits per heavy atom. The largest absolute Gasteiger partial charge is 0.496 e. The van der Waals surface area contributed by atoms with Crippen molar-refractivity contribution in [2.24, 2.45) is 0 Å². The Bertz CT molecular complexity index is 462. The van der Waals surface area contributed by atoms with Gasteiger partial charge in [0, 0.05) is 0 Å². The van der Waals surface area contributed by atoms with Crippen molar-refractivity contribution in [1.29, 1.82) is 0 Å². The Balaban J connectivity index is 2.36. The van der Waals surface area contributed by atoms with Crippen molar-refractivity contribution in [2.45, 2.75) is 6.92 Å². The van der Waals surface area contributed by atoms with Crippen LogP contribution in [0.25, 0.3) is 6.08 Å². The van der Waals surface area contributed by atoms with Gasteiger partial charge >= 0.3 is 5.97 Å². The van der Waals surface area contributed by atoms with Gasteiger partial charge in [-0.2, -0.15) is 0 Å². The van der Waals surface area contributed by atoms with E-state index >= 15 is 0 Å². The van der Waals surface area contributed by atoms with Crippen molar-refractivity contribution < 1.29 is 19.0 Å². The number of rotatable bonds is 3. The van der Waals surface area contributed by atoms with Gasteiger partial charge in [-0.25, -0.2) is 4.79 Å². The molecule has 0 aliphatic carbocycles. The number of benzene rings is 1. The summed E-state index contributed by atoms with van der Waals surface area (Å²) in [4.78, 5) is 11.6. The van der Waals surface area contributed by atoms with Crippen molar-refractivity contribution in [3.63, 3.8) is 0 Å². The third kappa shape index (κ3) is 2.25. The summed E-state index contributed by atoms with van der Waals surface area (Å²) in [6, 6.07) is 5.52. The normalized spacial score (nSPS) is 13.2. The minimum atomic E-state index is -0.343. The van der Waals surface area contributed by atoms with Crippen LogP contribution in [-0.2, 0) is 9.53 Å². The van der Waals surface area contributed by atoms with Crippen LogP contribution in [-0.4, -0.2) is 26.3 Å². The van der Waals surface area contributed by atoms with Crippen molar-refractivity contribution in [3.8, 4) is 11.5 Å². The van der Waals surface area contributed by atoms with Crippen molar-refractivity contribution in [1.82, 2.24) is 0 Å². The lowest BCUT2D eigenvalue weighted by atomic mass is 10.1. The van der Waals surface area contributed by atoms with Gasteiger partial charge in [-0.1, -0.05) is 6.07 Å². The molecule has 0 fully saturated rings. The molecular formula is C13H14O4. The highest BCUT2D eigenvalue weighted by atomic mass is 16.5. The van der Waals surface area contributed by atoms with Gasteiger partial charge in [0.15, 0.2) is 0 Å². The van der Waals surface area contributed by atoms with E-state index in [4.69, 9.17) is 14.2 Å². The molecule has 0 spiro atoms. The molecule has 1 aliphatic heterocycles. The van der Waals surface area contributed by atoms with Crippen LogP contribution in [0.2, 0.25) is 0 Å². The fourth-order valence-corrected chi connectivity index (χ4v) is 1.68. The zero-order valence-corrected chi connectivity index (χ0v) is 9.86. The summed E-state index contributed by atoms with van der Waals surface area (Å²) < 4.78 is 15.7. The van der Waals surface area contributed by atoms with E-state index in [2.05, 4.69) is 0 Å². The van der Waals surface area contributed by atoms with Gasteiger partial charge in [-0.05, 0) is 25.1 Å². The molecule has 0 bridgehead atoms. The average molecular weight is 234 g/mol. The van der Waals surface area contributed by atoms with Crippen LogP contribution in [0.1, 0.15) is 12.5 Å². The van der Waals surface area contributed by atoms with E-state index in [0.717, 1.165) is 11.3 Å². The SMILES string of the molecule is CCOC(=O)C1=Cc2c(OC)cccc2OC1. The molecule has 0 unspecified atom stereocenters. The molecule has 0 saturated carbocycles. The zero-order valence-electron chi connectivity index (χ0n) is 9.86. The van der Waals surface area contributed by atoms with Crippen LogP contribution in [0.5, 0.6) is 11.5 Å². The van der Waals surface area contributed by atoms with Crippen LogP contribution in [0.3, 0.4) is 0 Å². The fraction of sp³-hybridized carbons (Fsp3) is 0.308. The molecule has 1 aromatic carbocycles. The number of carbonyl (C=O) groups is 1. The maximum absolute atomic E-state index is 11.6. The van der Waals surface area contributed by atoms with E-state index in [0.29, 0.717) is 17.9 Å². The minimum Gasteiger partial charge on any atom is -0.496 e. The maximum atomic E-state index is 11.6. The van der Waals surface area contributed by atoms with Gasteiger partial charge < -0.3 is 14.2 Å². The molecule has 0 aromatic heterocycles. The number of carbonyl (C=O) groups excluding carboxylic acids is 1. The molecule has 0 amide bonds. The lowest BCUT2D eigenvalue weighted by Gasteiger charge is -2.18. The number of hydrogen-bond acceptors (Lipinski definition) is 4. The summed E-state index contributed by atoms with van der Waals surface area (Å²) in [5, 5.41) is 0. The third-order valence-corrected chi connectivity index (χ3v) is 2.49. The van der Waals surface area contributed by atoms with E-state index in [1.807, 2.05) is 18.2 Å². The van der Waals surface area contributed by atoms with Gasteiger partial charge in [0.2, 0.25) is 0 Å². The van der Waals surface area contributed by atoms with Gasteiger partial charge in [0.1, 0.15) is 18.1 Å². The van der Waals surface area contributed by atoms with E-state index in [-0.39, 0.29) is 12.6 Å². The van der Waals surface area contributed by atoms with Crippen LogP contribution in [0.15, 0.2) is 23.8 Å². The van der Waals surface area contributed by atoms with E-state index in [9.17, 15) is 4.79 Å². The lowest BCUT2D eigenvalue weighted by Crippen LogP contribution is -2.17. The van der Waals surface area contributed by atoms with Crippen molar-refractivity contribution in [3.05, 3.63) is 29.3 Å². The highest BCUT2D eigenvalue weighted by Crippen LogP contribution is 2.33. The Labute approximate surface area is 99.8 Å². The number of ether oxygens (including phenoxy) is 3. The van der Waals surface area contributed by atoms with E-state index < -0.39 is 0 Å². The molecular weight excluding hydrogens is 220 g/mol. The highest BCUT2D eigenvalue weighted by molar-refractivity contribution is 5.95. The molecule has 4 nitrogen and oxygen atoms in total. The monoisotopic (exact) mass is 234 g/mol. The summed E-state index contributed by atoms with van der Waals surface area (Å²) in [5.74, 6) is 1.06. The predicted molar refractivity (Wildman–Crippen MR) is 63.1 cm³/mol. The Morgan fingerprint density at radius 3 is 3.00 bits per heavy atom.